The summed E-state index contributed by atoms with van der Waals surface area (Å²) in [6, 6.07) is 12.2. The number of halogens is 1. The topological polar surface area (TPSA) is 49.7 Å². The van der Waals surface area contributed by atoms with Crippen molar-refractivity contribution in [2.24, 2.45) is 0 Å². The number of hydrogen-bond donors (Lipinski definition) is 2. The van der Waals surface area contributed by atoms with Crippen molar-refractivity contribution in [2.75, 3.05) is 0 Å². The van der Waals surface area contributed by atoms with E-state index in [2.05, 4.69) is 0 Å². The van der Waals surface area contributed by atoms with Crippen LogP contribution in [0.3, 0.4) is 0 Å². The zero-order valence-corrected chi connectivity index (χ0v) is 10.6. The number of rotatable bonds is 3. The second kappa shape index (κ2) is 5.44. The Labute approximate surface area is 111 Å². The van der Waals surface area contributed by atoms with Gasteiger partial charge >= 0.3 is 7.12 Å². The maximum Gasteiger partial charge on any atom is 0.488 e. The summed E-state index contributed by atoms with van der Waals surface area (Å²) in [6.45, 7) is 1.97. The minimum atomic E-state index is -1.53. The summed E-state index contributed by atoms with van der Waals surface area (Å²) in [6.07, 6.45) is 0. The smallest absolute Gasteiger partial charge is 0.456 e. The minimum absolute atomic E-state index is 0.330. The molecule has 92 valence electrons. The van der Waals surface area contributed by atoms with Crippen LogP contribution in [-0.4, -0.2) is 17.2 Å². The van der Waals surface area contributed by atoms with Gasteiger partial charge in [0.1, 0.15) is 11.5 Å². The molecule has 0 unspecified atom stereocenters. The summed E-state index contributed by atoms with van der Waals surface area (Å²) in [5, 5.41) is 18.4. The molecule has 0 aliphatic carbocycles. The average molecular weight is 263 g/mol. The summed E-state index contributed by atoms with van der Waals surface area (Å²) < 4.78 is 5.63. The van der Waals surface area contributed by atoms with E-state index in [1.54, 1.807) is 12.1 Å². The molecule has 0 aliphatic rings. The first-order chi connectivity index (χ1) is 8.56. The molecule has 18 heavy (non-hydrogen) atoms. The lowest BCUT2D eigenvalue weighted by molar-refractivity contribution is 0.425. The first kappa shape index (κ1) is 13.0. The molecule has 2 aromatic rings. The standard InChI is InChI=1S/C13H12BClO3/c1-9-3-2-4-11(7-9)18-13-6-5-10(14(16)17)8-12(13)15/h2-8,16-17H,1H3. The molecular weight excluding hydrogens is 250 g/mol. The van der Waals surface area contributed by atoms with Gasteiger partial charge in [0.15, 0.2) is 0 Å². The molecule has 0 aliphatic heterocycles. The minimum Gasteiger partial charge on any atom is -0.456 e. The number of hydrogen-bond acceptors (Lipinski definition) is 3. The van der Waals surface area contributed by atoms with Gasteiger partial charge in [0.05, 0.1) is 5.02 Å². The van der Waals surface area contributed by atoms with E-state index in [1.807, 2.05) is 31.2 Å². The lowest BCUT2D eigenvalue weighted by Crippen LogP contribution is -2.29. The fourth-order valence-corrected chi connectivity index (χ4v) is 1.79. The lowest BCUT2D eigenvalue weighted by Gasteiger charge is -2.09. The molecule has 0 atom stereocenters. The van der Waals surface area contributed by atoms with Gasteiger partial charge in [-0.25, -0.2) is 0 Å². The molecule has 3 nitrogen and oxygen atoms in total. The van der Waals surface area contributed by atoms with Crippen LogP contribution in [0.2, 0.25) is 5.02 Å². The molecule has 0 radical (unpaired) electrons. The fourth-order valence-electron chi connectivity index (χ4n) is 1.57. The van der Waals surface area contributed by atoms with Gasteiger partial charge in [-0.05, 0) is 42.2 Å². The van der Waals surface area contributed by atoms with Crippen LogP contribution in [0.25, 0.3) is 0 Å². The Hall–Kier alpha value is -1.49. The van der Waals surface area contributed by atoms with Gasteiger partial charge in [-0.2, -0.15) is 0 Å². The molecule has 0 fully saturated rings. The maximum absolute atomic E-state index is 9.02. The third-order valence-electron chi connectivity index (χ3n) is 2.47. The van der Waals surface area contributed by atoms with Crippen LogP contribution in [0.15, 0.2) is 42.5 Å². The molecule has 0 saturated carbocycles. The number of aryl methyl sites for hydroxylation is 1. The molecule has 0 aromatic heterocycles. The highest BCUT2D eigenvalue weighted by atomic mass is 35.5. The normalized spacial score (nSPS) is 10.2. The van der Waals surface area contributed by atoms with E-state index in [0.717, 1.165) is 5.56 Å². The predicted octanol–water partition coefficient (Wildman–Crippen LogP) is 2.12. The van der Waals surface area contributed by atoms with Crippen LogP contribution >= 0.6 is 11.6 Å². The van der Waals surface area contributed by atoms with Gasteiger partial charge in [-0.15, -0.1) is 0 Å². The molecule has 0 spiro atoms. The van der Waals surface area contributed by atoms with Crippen molar-refractivity contribution in [3.8, 4) is 11.5 Å². The molecular formula is C13H12BClO3. The number of ether oxygens (including phenoxy) is 1. The van der Waals surface area contributed by atoms with E-state index in [-0.39, 0.29) is 0 Å². The molecule has 0 bridgehead atoms. The quantitative estimate of drug-likeness (QED) is 0.833. The predicted molar refractivity (Wildman–Crippen MR) is 72.5 cm³/mol. The van der Waals surface area contributed by atoms with Gasteiger partial charge in [-0.3, -0.25) is 0 Å². The van der Waals surface area contributed by atoms with Crippen molar-refractivity contribution in [1.29, 1.82) is 0 Å². The van der Waals surface area contributed by atoms with Gasteiger partial charge in [0.2, 0.25) is 0 Å². The van der Waals surface area contributed by atoms with E-state index >= 15 is 0 Å². The van der Waals surface area contributed by atoms with E-state index in [0.29, 0.717) is 22.0 Å². The van der Waals surface area contributed by atoms with Crippen LogP contribution in [0, 0.1) is 6.92 Å². The Morgan fingerprint density at radius 2 is 1.89 bits per heavy atom. The Bertz CT molecular complexity index is 558. The lowest BCUT2D eigenvalue weighted by atomic mass is 9.80. The SMILES string of the molecule is Cc1cccc(Oc2ccc(B(O)O)cc2Cl)c1. The highest BCUT2D eigenvalue weighted by molar-refractivity contribution is 6.59. The second-order valence-electron chi connectivity index (χ2n) is 3.98. The van der Waals surface area contributed by atoms with Crippen LogP contribution in [0.5, 0.6) is 11.5 Å². The monoisotopic (exact) mass is 262 g/mol. The fraction of sp³-hybridized carbons (Fsp3) is 0.0769. The summed E-state index contributed by atoms with van der Waals surface area (Å²) in [7, 11) is -1.53. The third kappa shape index (κ3) is 3.04. The zero-order chi connectivity index (χ0) is 13.1. The zero-order valence-electron chi connectivity index (χ0n) is 9.80. The van der Waals surface area contributed by atoms with E-state index < -0.39 is 7.12 Å². The maximum atomic E-state index is 9.02. The van der Waals surface area contributed by atoms with Crippen LogP contribution < -0.4 is 10.2 Å². The molecule has 2 N–H and O–H groups in total. The Kier molecular flexibility index (Phi) is 3.92. The molecule has 0 amide bonds. The highest BCUT2D eigenvalue weighted by Crippen LogP contribution is 2.28. The summed E-state index contributed by atoms with van der Waals surface area (Å²) >= 11 is 6.02. The molecule has 2 rings (SSSR count). The van der Waals surface area contributed by atoms with Crippen molar-refractivity contribution < 1.29 is 14.8 Å². The van der Waals surface area contributed by atoms with Gasteiger partial charge < -0.3 is 14.8 Å². The largest absolute Gasteiger partial charge is 0.488 e. The van der Waals surface area contributed by atoms with Gasteiger partial charge in [0, 0.05) is 0 Å². The summed E-state index contributed by atoms with van der Waals surface area (Å²) in [5.74, 6) is 1.17. The first-order valence-electron chi connectivity index (χ1n) is 5.46. The van der Waals surface area contributed by atoms with Crippen LogP contribution in [-0.2, 0) is 0 Å². The van der Waals surface area contributed by atoms with Crippen LogP contribution in [0.1, 0.15) is 5.56 Å². The highest BCUT2D eigenvalue weighted by Gasteiger charge is 2.13. The van der Waals surface area contributed by atoms with E-state index in [4.69, 9.17) is 26.4 Å². The average Bonchev–Trinajstić information content (AvgIpc) is 2.31. The van der Waals surface area contributed by atoms with Gasteiger partial charge in [0.25, 0.3) is 0 Å². The first-order valence-corrected chi connectivity index (χ1v) is 5.84. The van der Waals surface area contributed by atoms with Crippen molar-refractivity contribution in [1.82, 2.24) is 0 Å². The number of benzene rings is 2. The molecule has 2 aromatic carbocycles. The van der Waals surface area contributed by atoms with Crippen LogP contribution in [0.4, 0.5) is 0 Å². The van der Waals surface area contributed by atoms with Crippen molar-refractivity contribution >= 4 is 24.2 Å². The van der Waals surface area contributed by atoms with Crippen molar-refractivity contribution in [3.63, 3.8) is 0 Å². The van der Waals surface area contributed by atoms with Gasteiger partial charge in [-0.1, -0.05) is 29.8 Å². The Balaban J connectivity index is 2.24. The van der Waals surface area contributed by atoms with E-state index in [1.165, 1.54) is 6.07 Å². The third-order valence-corrected chi connectivity index (χ3v) is 2.77. The molecule has 0 saturated heterocycles. The summed E-state index contributed by atoms with van der Waals surface area (Å²) in [5.41, 5.74) is 1.42. The Morgan fingerprint density at radius 1 is 1.11 bits per heavy atom. The molecule has 5 heteroatoms. The van der Waals surface area contributed by atoms with E-state index in [9.17, 15) is 0 Å². The Morgan fingerprint density at radius 3 is 2.50 bits per heavy atom. The van der Waals surface area contributed by atoms with Crippen molar-refractivity contribution in [2.45, 2.75) is 6.92 Å². The van der Waals surface area contributed by atoms with Crippen molar-refractivity contribution in [3.05, 3.63) is 53.1 Å². The summed E-state index contributed by atoms with van der Waals surface area (Å²) in [4.78, 5) is 0. The second-order valence-corrected chi connectivity index (χ2v) is 4.39. The molecule has 0 heterocycles.